The van der Waals surface area contributed by atoms with Gasteiger partial charge in [0.1, 0.15) is 5.82 Å². The Bertz CT molecular complexity index is 1080. The standard InChI is InChI=1S/C26H25FN2O3/c27-21-11-7-18(8-12-21)2-1-17-5-9-20(10-6-17)26-22-14-28(24(31)13-19-3-4-19)15-25(32)29(22)23(26)16-30/h5-12,19,22-23,26,30H,3-4,13-16H2/t22-,23+,26-/m0/s1. The van der Waals surface area contributed by atoms with Crippen molar-refractivity contribution in [2.45, 2.75) is 37.3 Å². The fourth-order valence-electron chi connectivity index (χ4n) is 4.85. The van der Waals surface area contributed by atoms with E-state index in [1.807, 2.05) is 24.3 Å². The van der Waals surface area contributed by atoms with Gasteiger partial charge in [-0.25, -0.2) is 4.39 Å². The van der Waals surface area contributed by atoms with Gasteiger partial charge < -0.3 is 14.9 Å². The first-order chi connectivity index (χ1) is 15.5. The lowest BCUT2D eigenvalue weighted by atomic mass is 9.73. The van der Waals surface area contributed by atoms with Gasteiger partial charge in [-0.3, -0.25) is 9.59 Å². The molecule has 1 saturated carbocycles. The van der Waals surface area contributed by atoms with E-state index >= 15 is 0 Å². The molecule has 5 nitrogen and oxygen atoms in total. The summed E-state index contributed by atoms with van der Waals surface area (Å²) >= 11 is 0. The predicted molar refractivity (Wildman–Crippen MR) is 117 cm³/mol. The zero-order chi connectivity index (χ0) is 22.2. The predicted octanol–water partition coefficient (Wildman–Crippen LogP) is 2.52. The first kappa shape index (κ1) is 20.7. The average molecular weight is 432 g/mol. The van der Waals surface area contributed by atoms with Crippen LogP contribution in [0.2, 0.25) is 0 Å². The number of nitrogens with zero attached hydrogens (tertiary/aromatic N) is 2. The van der Waals surface area contributed by atoms with Crippen LogP contribution in [-0.4, -0.2) is 58.5 Å². The van der Waals surface area contributed by atoms with Crippen LogP contribution in [0.1, 0.15) is 41.9 Å². The summed E-state index contributed by atoms with van der Waals surface area (Å²) in [5.41, 5.74) is 2.60. The third-order valence-electron chi connectivity index (χ3n) is 6.76. The summed E-state index contributed by atoms with van der Waals surface area (Å²) in [7, 11) is 0. The summed E-state index contributed by atoms with van der Waals surface area (Å²) in [6.07, 6.45) is 2.75. The molecule has 0 radical (unpaired) electrons. The summed E-state index contributed by atoms with van der Waals surface area (Å²) in [5, 5.41) is 9.94. The van der Waals surface area contributed by atoms with E-state index in [9.17, 15) is 19.1 Å². The van der Waals surface area contributed by atoms with Crippen LogP contribution in [0.3, 0.4) is 0 Å². The quantitative estimate of drug-likeness (QED) is 0.756. The van der Waals surface area contributed by atoms with Gasteiger partial charge in [0.05, 0.1) is 25.2 Å². The summed E-state index contributed by atoms with van der Waals surface area (Å²) in [4.78, 5) is 28.7. The number of amides is 2. The van der Waals surface area contributed by atoms with E-state index < -0.39 is 0 Å². The Morgan fingerprint density at radius 3 is 2.25 bits per heavy atom. The zero-order valence-electron chi connectivity index (χ0n) is 17.7. The monoisotopic (exact) mass is 432 g/mol. The van der Waals surface area contributed by atoms with Gasteiger partial charge in [-0.1, -0.05) is 24.0 Å². The Morgan fingerprint density at radius 1 is 1.03 bits per heavy atom. The van der Waals surface area contributed by atoms with Crippen LogP contribution in [0.4, 0.5) is 4.39 Å². The molecule has 0 spiro atoms. The van der Waals surface area contributed by atoms with Crippen molar-refractivity contribution in [2.24, 2.45) is 5.92 Å². The van der Waals surface area contributed by atoms with Gasteiger partial charge in [-0.05, 0) is 60.7 Å². The molecule has 3 aliphatic rings. The lowest BCUT2D eigenvalue weighted by molar-refractivity contribution is -0.167. The minimum atomic E-state index is -0.290. The zero-order valence-corrected chi connectivity index (χ0v) is 17.7. The van der Waals surface area contributed by atoms with Gasteiger partial charge in [-0.2, -0.15) is 0 Å². The molecule has 2 aromatic rings. The number of aliphatic hydroxyl groups is 1. The second kappa shape index (κ2) is 8.40. The average Bonchev–Trinajstić information content (AvgIpc) is 3.59. The number of fused-ring (bicyclic) bond motifs is 1. The lowest BCUT2D eigenvalue weighted by Crippen LogP contribution is -2.73. The molecule has 1 aliphatic carbocycles. The van der Waals surface area contributed by atoms with Gasteiger partial charge in [-0.15, -0.1) is 0 Å². The molecule has 32 heavy (non-hydrogen) atoms. The minimum absolute atomic E-state index is 0.0143. The van der Waals surface area contributed by atoms with Gasteiger partial charge in [0.2, 0.25) is 11.8 Å². The molecule has 0 bridgehead atoms. The van der Waals surface area contributed by atoms with Crippen molar-refractivity contribution >= 4 is 11.8 Å². The van der Waals surface area contributed by atoms with E-state index in [-0.39, 0.29) is 48.8 Å². The van der Waals surface area contributed by atoms with Crippen molar-refractivity contribution in [1.29, 1.82) is 0 Å². The molecule has 164 valence electrons. The summed E-state index contributed by atoms with van der Waals surface area (Å²) in [5.74, 6) is 6.27. The Labute approximate surface area is 186 Å². The molecular formula is C26H25FN2O3. The maximum atomic E-state index is 13.0. The molecule has 5 rings (SSSR count). The van der Waals surface area contributed by atoms with E-state index in [0.717, 1.165) is 29.5 Å². The highest BCUT2D eigenvalue weighted by Crippen LogP contribution is 2.43. The third-order valence-corrected chi connectivity index (χ3v) is 6.76. The maximum absolute atomic E-state index is 13.0. The first-order valence-electron chi connectivity index (χ1n) is 11.1. The third kappa shape index (κ3) is 4.01. The van der Waals surface area contributed by atoms with Crippen LogP contribution in [0.25, 0.3) is 0 Å². The maximum Gasteiger partial charge on any atom is 0.242 e. The van der Waals surface area contributed by atoms with Gasteiger partial charge in [0.15, 0.2) is 0 Å². The molecule has 3 atom stereocenters. The number of halogens is 1. The Hall–Kier alpha value is -3.17. The van der Waals surface area contributed by atoms with Crippen molar-refractivity contribution in [2.75, 3.05) is 19.7 Å². The molecule has 0 aromatic heterocycles. The number of benzene rings is 2. The second-order valence-corrected chi connectivity index (χ2v) is 8.94. The van der Waals surface area contributed by atoms with Crippen molar-refractivity contribution < 1.29 is 19.1 Å². The molecular weight excluding hydrogens is 407 g/mol. The summed E-state index contributed by atoms with van der Waals surface area (Å²) in [6, 6.07) is 13.5. The van der Waals surface area contributed by atoms with Crippen molar-refractivity contribution in [1.82, 2.24) is 9.80 Å². The van der Waals surface area contributed by atoms with Crippen LogP contribution in [0.5, 0.6) is 0 Å². The number of rotatable bonds is 4. The highest BCUT2D eigenvalue weighted by atomic mass is 19.1. The van der Waals surface area contributed by atoms with E-state index in [1.165, 1.54) is 12.1 Å². The molecule has 1 N–H and O–H groups in total. The van der Waals surface area contributed by atoms with Gasteiger partial charge in [0.25, 0.3) is 0 Å². The molecule has 2 amide bonds. The van der Waals surface area contributed by atoms with Crippen LogP contribution in [-0.2, 0) is 9.59 Å². The summed E-state index contributed by atoms with van der Waals surface area (Å²) in [6.45, 7) is 0.531. The van der Waals surface area contributed by atoms with Crippen molar-refractivity contribution in [3.8, 4) is 11.8 Å². The van der Waals surface area contributed by atoms with Crippen LogP contribution >= 0.6 is 0 Å². The molecule has 2 aromatic carbocycles. The Morgan fingerprint density at radius 2 is 1.66 bits per heavy atom. The molecule has 6 heteroatoms. The largest absolute Gasteiger partial charge is 0.394 e. The number of carbonyl (C=O) groups excluding carboxylic acids is 2. The summed E-state index contributed by atoms with van der Waals surface area (Å²) < 4.78 is 13.0. The fourth-order valence-corrected chi connectivity index (χ4v) is 4.85. The number of piperazine rings is 1. The van der Waals surface area contributed by atoms with Crippen LogP contribution < -0.4 is 0 Å². The van der Waals surface area contributed by atoms with Crippen molar-refractivity contribution in [3.05, 3.63) is 71.0 Å². The topological polar surface area (TPSA) is 60.9 Å². The Kier molecular flexibility index (Phi) is 5.44. The number of carbonyl (C=O) groups is 2. The van der Waals surface area contributed by atoms with Crippen molar-refractivity contribution in [3.63, 3.8) is 0 Å². The van der Waals surface area contributed by atoms with E-state index in [2.05, 4.69) is 11.8 Å². The SMILES string of the molecule is O=C(CC1CC1)N1CC(=O)N2[C@H](CO)[C@@H](c3ccc(C#Cc4ccc(F)cc4)cc3)[C@@H]2C1. The fraction of sp³-hybridized carbons (Fsp3) is 0.385. The molecule has 3 fully saturated rings. The lowest BCUT2D eigenvalue weighted by Gasteiger charge is -2.58. The Balaban J connectivity index is 1.31. The van der Waals surface area contributed by atoms with E-state index in [4.69, 9.17) is 0 Å². The van der Waals surface area contributed by atoms with Gasteiger partial charge in [0, 0.05) is 30.0 Å². The highest BCUT2D eigenvalue weighted by molar-refractivity contribution is 5.88. The number of aliphatic hydroxyl groups excluding tert-OH is 1. The molecule has 0 unspecified atom stereocenters. The second-order valence-electron chi connectivity index (χ2n) is 8.94. The van der Waals surface area contributed by atoms with Crippen LogP contribution in [0, 0.1) is 23.6 Å². The molecule has 2 heterocycles. The normalized spacial score (nSPS) is 24.3. The first-order valence-corrected chi connectivity index (χ1v) is 11.1. The van der Waals surface area contributed by atoms with E-state index in [1.54, 1.807) is 21.9 Å². The highest BCUT2D eigenvalue weighted by Gasteiger charge is 2.54. The molecule has 2 aliphatic heterocycles. The number of hydrogen-bond acceptors (Lipinski definition) is 3. The molecule has 2 saturated heterocycles. The van der Waals surface area contributed by atoms with Gasteiger partial charge >= 0.3 is 0 Å². The smallest absolute Gasteiger partial charge is 0.242 e. The van der Waals surface area contributed by atoms with E-state index in [0.29, 0.717) is 18.9 Å². The number of hydrogen-bond donors (Lipinski definition) is 1. The van der Waals surface area contributed by atoms with Crippen LogP contribution in [0.15, 0.2) is 48.5 Å². The minimum Gasteiger partial charge on any atom is -0.394 e.